The second-order valence-corrected chi connectivity index (χ2v) is 14.8. The van der Waals surface area contributed by atoms with Crippen LogP contribution in [0.25, 0.3) is 11.0 Å². The molecule has 0 bridgehead atoms. The number of fused-ring (bicyclic) bond motifs is 1. The second-order valence-electron chi connectivity index (χ2n) is 12.1. The molecule has 0 aliphatic heterocycles. The number of carbonyl (C=O) groups excluding carboxylic acids is 4. The summed E-state index contributed by atoms with van der Waals surface area (Å²) in [5.74, 6) is -2.20. The molecule has 1 aromatic heterocycles. The highest BCUT2D eigenvalue weighted by Crippen LogP contribution is 2.47. The van der Waals surface area contributed by atoms with Crippen molar-refractivity contribution in [2.75, 3.05) is 32.4 Å². The lowest BCUT2D eigenvalue weighted by molar-refractivity contribution is -0.159. The van der Waals surface area contributed by atoms with Gasteiger partial charge in [0.2, 0.25) is 13.3 Å². The van der Waals surface area contributed by atoms with Crippen LogP contribution in [0.2, 0.25) is 0 Å². The van der Waals surface area contributed by atoms with Crippen LogP contribution in [0.5, 0.6) is 0 Å². The van der Waals surface area contributed by atoms with Gasteiger partial charge in [-0.25, -0.2) is 4.98 Å². The maximum atomic E-state index is 13.6. The third-order valence-corrected chi connectivity index (χ3v) is 8.70. The zero-order chi connectivity index (χ0) is 32.0. The van der Waals surface area contributed by atoms with E-state index in [1.54, 1.807) is 53.7 Å². The molecule has 0 fully saturated rings. The standard InChI is InChI=1S/C28H42N5O8P/c1-17-11-19-20(12-18(17)2)33(24(29)23(32-19)25(37)31-15-34)13-22(36)30-9-10-42(39,14-21(35)27(3,4)5)41-16-40-26(38)28(6,7)8/h11-12,29,34H,9-10,13-16H2,1-8H3,(H,30,36)(H,31,37). The van der Waals surface area contributed by atoms with Gasteiger partial charge in [0, 0.05) is 18.1 Å². The van der Waals surface area contributed by atoms with E-state index >= 15 is 0 Å². The fraction of sp³-hybridized carbons (Fsp3) is 0.571. The quantitative estimate of drug-likeness (QED) is 0.159. The van der Waals surface area contributed by atoms with Crippen molar-refractivity contribution >= 4 is 42.0 Å². The van der Waals surface area contributed by atoms with Crippen LogP contribution in [-0.2, 0) is 34.8 Å². The highest BCUT2D eigenvalue weighted by Gasteiger charge is 2.33. The number of carbonyl (C=O) groups is 4. The number of aliphatic hydroxyl groups excluding tert-OH is 1. The smallest absolute Gasteiger partial charge is 0.313 e. The Morgan fingerprint density at radius 2 is 1.64 bits per heavy atom. The summed E-state index contributed by atoms with van der Waals surface area (Å²) in [4.78, 5) is 54.5. The Hall–Kier alpha value is -3.41. The molecule has 1 atom stereocenters. The van der Waals surface area contributed by atoms with Crippen molar-refractivity contribution in [3.05, 3.63) is 34.4 Å². The fourth-order valence-electron chi connectivity index (χ4n) is 3.59. The number of aromatic nitrogens is 2. The molecule has 1 heterocycles. The molecule has 2 rings (SSSR count). The number of nitrogens with one attached hydrogen (secondary N) is 3. The SMILES string of the molecule is Cc1cc2nc(C(=O)NCO)c(=N)n(CC(=O)NCCP(=O)(CC(=O)C(C)(C)C)OCOC(=O)C(C)(C)C)c2cc1C. The molecule has 0 aliphatic carbocycles. The van der Waals surface area contributed by atoms with E-state index < -0.39 is 55.7 Å². The van der Waals surface area contributed by atoms with E-state index in [0.29, 0.717) is 11.0 Å². The van der Waals surface area contributed by atoms with E-state index in [-0.39, 0.29) is 36.2 Å². The first kappa shape index (κ1) is 34.8. The summed E-state index contributed by atoms with van der Waals surface area (Å²) in [6.45, 7) is 12.0. The van der Waals surface area contributed by atoms with Crippen LogP contribution in [0.1, 0.15) is 63.2 Å². The first-order chi connectivity index (χ1) is 19.3. The predicted molar refractivity (Wildman–Crippen MR) is 156 cm³/mol. The maximum absolute atomic E-state index is 13.6. The molecule has 1 aromatic carbocycles. The first-order valence-corrected chi connectivity index (χ1v) is 15.4. The summed E-state index contributed by atoms with van der Waals surface area (Å²) >= 11 is 0. The van der Waals surface area contributed by atoms with Gasteiger partial charge < -0.3 is 25.0 Å². The van der Waals surface area contributed by atoms with Gasteiger partial charge in [-0.2, -0.15) is 0 Å². The largest absolute Gasteiger partial charge is 0.438 e. The van der Waals surface area contributed by atoms with E-state index in [0.717, 1.165) is 11.1 Å². The van der Waals surface area contributed by atoms with E-state index in [4.69, 9.17) is 19.8 Å². The van der Waals surface area contributed by atoms with Crippen molar-refractivity contribution in [2.24, 2.45) is 10.8 Å². The summed E-state index contributed by atoms with van der Waals surface area (Å²) < 4.78 is 25.5. The minimum atomic E-state index is -3.68. The maximum Gasteiger partial charge on any atom is 0.313 e. The number of nitrogens with zero attached hydrogens (tertiary/aromatic N) is 2. The van der Waals surface area contributed by atoms with Gasteiger partial charge in [0.25, 0.3) is 5.91 Å². The summed E-state index contributed by atoms with van der Waals surface area (Å²) in [5, 5.41) is 22.5. The predicted octanol–water partition coefficient (Wildman–Crippen LogP) is 2.39. The zero-order valence-corrected chi connectivity index (χ0v) is 26.4. The van der Waals surface area contributed by atoms with Gasteiger partial charge in [0.05, 0.1) is 22.6 Å². The average Bonchev–Trinajstić information content (AvgIpc) is 2.85. The summed E-state index contributed by atoms with van der Waals surface area (Å²) in [7, 11) is -3.68. The lowest BCUT2D eigenvalue weighted by Crippen LogP contribution is -2.39. The van der Waals surface area contributed by atoms with Gasteiger partial charge in [0.1, 0.15) is 19.1 Å². The molecule has 0 aliphatic rings. The normalized spacial score (nSPS) is 13.4. The Morgan fingerprint density at radius 1 is 1.02 bits per heavy atom. The molecule has 0 radical (unpaired) electrons. The van der Waals surface area contributed by atoms with Gasteiger partial charge >= 0.3 is 5.97 Å². The third-order valence-electron chi connectivity index (χ3n) is 6.45. The number of rotatable bonds is 12. The minimum absolute atomic E-state index is 0.131. The number of Topliss-reactive ketones (excluding diaryl/α,β-unsaturated/α-hetero) is 1. The van der Waals surface area contributed by atoms with Crippen LogP contribution in [-0.4, -0.2) is 70.6 Å². The Morgan fingerprint density at radius 3 is 2.21 bits per heavy atom. The van der Waals surface area contributed by atoms with Crippen LogP contribution in [0.4, 0.5) is 0 Å². The van der Waals surface area contributed by atoms with Crippen LogP contribution >= 0.6 is 7.37 Å². The minimum Gasteiger partial charge on any atom is -0.438 e. The number of ketones is 1. The van der Waals surface area contributed by atoms with E-state index in [1.165, 1.54) is 4.57 Å². The Bertz CT molecular complexity index is 1470. The van der Waals surface area contributed by atoms with Gasteiger partial charge in [-0.15, -0.1) is 0 Å². The molecular weight excluding hydrogens is 565 g/mol. The summed E-state index contributed by atoms with van der Waals surface area (Å²) in [5.41, 5.74) is 0.421. The topological polar surface area (TPSA) is 190 Å². The number of benzene rings is 1. The molecule has 0 spiro atoms. The van der Waals surface area contributed by atoms with Crippen molar-refractivity contribution in [1.82, 2.24) is 20.2 Å². The Balaban J connectivity index is 2.25. The Labute approximate surface area is 245 Å². The fourth-order valence-corrected chi connectivity index (χ4v) is 5.58. The van der Waals surface area contributed by atoms with Gasteiger partial charge in [-0.05, 0) is 57.9 Å². The number of ether oxygens (including phenoxy) is 1. The lowest BCUT2D eigenvalue weighted by atomic mass is 9.92. The first-order valence-electron chi connectivity index (χ1n) is 13.4. The molecule has 13 nitrogen and oxygen atoms in total. The highest BCUT2D eigenvalue weighted by molar-refractivity contribution is 7.60. The zero-order valence-electron chi connectivity index (χ0n) is 25.5. The van der Waals surface area contributed by atoms with Gasteiger partial charge in [0.15, 0.2) is 18.0 Å². The summed E-state index contributed by atoms with van der Waals surface area (Å²) in [6.07, 6.45) is -0.604. The Kier molecular flexibility index (Phi) is 11.4. The third kappa shape index (κ3) is 9.30. The number of amides is 2. The van der Waals surface area contributed by atoms with Crippen LogP contribution in [0, 0.1) is 30.1 Å². The molecule has 1 unspecified atom stereocenters. The number of hydrogen-bond acceptors (Lipinski definition) is 10. The number of aryl methyl sites for hydroxylation is 2. The van der Waals surface area contributed by atoms with E-state index in [2.05, 4.69) is 15.6 Å². The molecule has 0 saturated heterocycles. The van der Waals surface area contributed by atoms with E-state index in [1.807, 2.05) is 13.8 Å². The van der Waals surface area contributed by atoms with Gasteiger partial charge in [-0.3, -0.25) is 33.7 Å². The molecule has 232 valence electrons. The number of aliphatic hydroxyl groups is 1. The van der Waals surface area contributed by atoms with Crippen molar-refractivity contribution < 1.29 is 38.1 Å². The van der Waals surface area contributed by atoms with Gasteiger partial charge in [-0.1, -0.05) is 20.8 Å². The van der Waals surface area contributed by atoms with Crippen molar-refractivity contribution in [3.8, 4) is 0 Å². The van der Waals surface area contributed by atoms with E-state index in [9.17, 15) is 23.7 Å². The van der Waals surface area contributed by atoms with Crippen molar-refractivity contribution in [3.63, 3.8) is 0 Å². The second kappa shape index (κ2) is 13.7. The molecule has 42 heavy (non-hydrogen) atoms. The molecular formula is C28H42N5O8P. The average molecular weight is 608 g/mol. The molecule has 0 saturated carbocycles. The molecule has 2 aromatic rings. The molecule has 4 N–H and O–H groups in total. The molecule has 14 heteroatoms. The number of esters is 1. The van der Waals surface area contributed by atoms with Crippen LogP contribution in [0.15, 0.2) is 12.1 Å². The number of hydrogen-bond donors (Lipinski definition) is 4. The van der Waals surface area contributed by atoms with Crippen molar-refractivity contribution in [1.29, 1.82) is 5.41 Å². The summed E-state index contributed by atoms with van der Waals surface area (Å²) in [6, 6.07) is 3.50. The monoisotopic (exact) mass is 607 g/mol. The van der Waals surface area contributed by atoms with Crippen LogP contribution in [0.3, 0.4) is 0 Å². The van der Waals surface area contributed by atoms with Crippen molar-refractivity contribution in [2.45, 2.75) is 61.9 Å². The molecule has 2 amide bonds. The lowest BCUT2D eigenvalue weighted by Gasteiger charge is -2.24. The highest BCUT2D eigenvalue weighted by atomic mass is 31.2. The van der Waals surface area contributed by atoms with Crippen LogP contribution < -0.4 is 16.1 Å².